The van der Waals surface area contributed by atoms with Gasteiger partial charge in [-0.05, 0) is 55.2 Å². The lowest BCUT2D eigenvalue weighted by Gasteiger charge is -2.31. The van der Waals surface area contributed by atoms with Crippen LogP contribution in [0, 0.1) is 5.92 Å². The van der Waals surface area contributed by atoms with Gasteiger partial charge in [-0.2, -0.15) is 0 Å². The van der Waals surface area contributed by atoms with E-state index < -0.39 is 19.9 Å². The lowest BCUT2D eigenvalue weighted by Crippen LogP contribution is -2.43. The first-order chi connectivity index (χ1) is 15.4. The van der Waals surface area contributed by atoms with E-state index in [2.05, 4.69) is 5.32 Å². The van der Waals surface area contributed by atoms with Crippen molar-refractivity contribution in [2.45, 2.75) is 36.5 Å². The molecule has 1 N–H and O–H groups in total. The van der Waals surface area contributed by atoms with Crippen LogP contribution < -0.4 is 5.32 Å². The van der Waals surface area contributed by atoms with Crippen LogP contribution in [0.25, 0.3) is 0 Å². The van der Waals surface area contributed by atoms with Crippen molar-refractivity contribution in [3.63, 3.8) is 0 Å². The third-order valence-electron chi connectivity index (χ3n) is 5.74. The smallest absolute Gasteiger partial charge is 0.223 e. The molecule has 0 saturated carbocycles. The van der Waals surface area contributed by atoms with E-state index in [1.165, 1.54) is 22.5 Å². The van der Waals surface area contributed by atoms with Crippen LogP contribution in [0.3, 0.4) is 0 Å². The van der Waals surface area contributed by atoms with E-state index in [1.807, 2.05) is 6.92 Å². The van der Waals surface area contributed by atoms with Gasteiger partial charge in [-0.1, -0.05) is 41.4 Å². The van der Waals surface area contributed by atoms with Gasteiger partial charge in [-0.15, -0.1) is 0 Å². The van der Waals surface area contributed by atoms with Gasteiger partial charge in [-0.25, -0.2) is 21.1 Å². The molecule has 1 saturated heterocycles. The molecule has 1 aliphatic rings. The minimum atomic E-state index is -3.58. The van der Waals surface area contributed by atoms with E-state index in [0.717, 1.165) is 11.8 Å². The number of amides is 1. The molecule has 33 heavy (non-hydrogen) atoms. The van der Waals surface area contributed by atoms with Gasteiger partial charge >= 0.3 is 0 Å². The highest BCUT2D eigenvalue weighted by molar-refractivity contribution is 7.90. The Hall–Kier alpha value is -1.65. The number of carbonyl (C=O) groups excluding carboxylic acids is 1. The Balaban J connectivity index is 1.56. The molecule has 0 unspecified atom stereocenters. The first kappa shape index (κ1) is 26.0. The van der Waals surface area contributed by atoms with E-state index in [-0.39, 0.29) is 41.6 Å². The first-order valence-electron chi connectivity index (χ1n) is 10.4. The van der Waals surface area contributed by atoms with Gasteiger partial charge in [-0.3, -0.25) is 4.79 Å². The molecule has 7 nitrogen and oxygen atoms in total. The summed E-state index contributed by atoms with van der Waals surface area (Å²) in [6.07, 6.45) is 1.97. The summed E-state index contributed by atoms with van der Waals surface area (Å²) in [6.45, 7) is 2.33. The maximum Gasteiger partial charge on any atom is 0.223 e. The van der Waals surface area contributed by atoms with Crippen LogP contribution >= 0.6 is 23.2 Å². The lowest BCUT2D eigenvalue weighted by atomic mass is 9.96. The van der Waals surface area contributed by atoms with Crippen molar-refractivity contribution < 1.29 is 21.6 Å². The third-order valence-corrected chi connectivity index (χ3v) is 9.28. The first-order valence-corrected chi connectivity index (χ1v) is 14.6. The second kappa shape index (κ2) is 10.3. The van der Waals surface area contributed by atoms with E-state index in [9.17, 15) is 21.6 Å². The van der Waals surface area contributed by atoms with Gasteiger partial charge in [0.2, 0.25) is 15.9 Å². The molecule has 1 heterocycles. The van der Waals surface area contributed by atoms with Crippen molar-refractivity contribution in [2.75, 3.05) is 19.3 Å². The van der Waals surface area contributed by atoms with E-state index >= 15 is 0 Å². The number of benzene rings is 2. The average molecular weight is 533 g/mol. The van der Waals surface area contributed by atoms with Gasteiger partial charge in [0.25, 0.3) is 0 Å². The largest absolute Gasteiger partial charge is 0.349 e. The monoisotopic (exact) mass is 532 g/mol. The fourth-order valence-electron chi connectivity index (χ4n) is 3.74. The molecular formula is C22H26Cl2N2O5S2. The SMILES string of the molecule is C[C@@H](NC(=O)C1CCN(S(=O)(=O)Cc2ccc(Cl)cc2Cl)CC1)c1ccc(S(C)(=O)=O)cc1. The van der Waals surface area contributed by atoms with Crippen LogP contribution in [0.2, 0.25) is 10.0 Å². The predicted octanol–water partition coefficient (Wildman–Crippen LogP) is 3.82. The Kier molecular flexibility index (Phi) is 8.11. The Labute approximate surface area is 205 Å². The molecule has 1 aliphatic heterocycles. The summed E-state index contributed by atoms with van der Waals surface area (Å²) in [4.78, 5) is 12.9. The highest BCUT2D eigenvalue weighted by Crippen LogP contribution is 2.27. The summed E-state index contributed by atoms with van der Waals surface area (Å²) in [7, 11) is -6.86. The molecule has 1 atom stereocenters. The molecule has 0 aliphatic carbocycles. The number of nitrogens with zero attached hydrogens (tertiary/aromatic N) is 1. The normalized spacial score (nSPS) is 17.0. The molecular weight excluding hydrogens is 507 g/mol. The summed E-state index contributed by atoms with van der Waals surface area (Å²) in [5, 5.41) is 3.69. The van der Waals surface area contributed by atoms with Crippen molar-refractivity contribution in [3.05, 3.63) is 63.6 Å². The molecule has 2 aromatic carbocycles. The zero-order valence-electron chi connectivity index (χ0n) is 18.3. The van der Waals surface area contributed by atoms with Crippen LogP contribution in [0.5, 0.6) is 0 Å². The number of rotatable bonds is 7. The molecule has 1 amide bonds. The van der Waals surface area contributed by atoms with Crippen molar-refractivity contribution in [3.8, 4) is 0 Å². The number of sulfonamides is 1. The highest BCUT2D eigenvalue weighted by Gasteiger charge is 2.32. The van der Waals surface area contributed by atoms with Gasteiger partial charge in [0.1, 0.15) is 0 Å². The molecule has 11 heteroatoms. The van der Waals surface area contributed by atoms with E-state index in [1.54, 1.807) is 24.3 Å². The molecule has 2 aromatic rings. The van der Waals surface area contributed by atoms with Crippen LogP contribution in [0.1, 0.15) is 36.9 Å². The van der Waals surface area contributed by atoms with E-state index in [4.69, 9.17) is 23.2 Å². The second-order valence-electron chi connectivity index (χ2n) is 8.24. The fourth-order valence-corrected chi connectivity index (χ4v) is 6.52. The molecule has 0 aromatic heterocycles. The summed E-state index contributed by atoms with van der Waals surface area (Å²) < 4.78 is 50.2. The number of piperidine rings is 1. The third kappa shape index (κ3) is 6.70. The Morgan fingerprint density at radius 2 is 1.67 bits per heavy atom. The number of hydrogen-bond donors (Lipinski definition) is 1. The molecule has 0 bridgehead atoms. The van der Waals surface area contributed by atoms with Crippen molar-refractivity contribution in [2.24, 2.45) is 5.92 Å². The van der Waals surface area contributed by atoms with Gasteiger partial charge in [0, 0.05) is 35.3 Å². The maximum absolute atomic E-state index is 12.8. The lowest BCUT2D eigenvalue weighted by molar-refractivity contribution is -0.126. The number of nitrogens with one attached hydrogen (secondary N) is 1. The summed E-state index contributed by atoms with van der Waals surface area (Å²) in [5.41, 5.74) is 1.27. The van der Waals surface area contributed by atoms with Crippen molar-refractivity contribution in [1.29, 1.82) is 0 Å². The molecule has 3 rings (SSSR count). The minimum absolute atomic E-state index is 0.146. The average Bonchev–Trinajstić information content (AvgIpc) is 2.75. The highest BCUT2D eigenvalue weighted by atomic mass is 35.5. The minimum Gasteiger partial charge on any atom is -0.349 e. The second-order valence-corrected chi connectivity index (χ2v) is 13.1. The van der Waals surface area contributed by atoms with Crippen LogP contribution in [0.4, 0.5) is 0 Å². The zero-order chi connectivity index (χ0) is 24.4. The molecule has 0 spiro atoms. The molecule has 0 radical (unpaired) electrons. The summed E-state index contributed by atoms with van der Waals surface area (Å²) >= 11 is 12.0. The summed E-state index contributed by atoms with van der Waals surface area (Å²) in [5.74, 6) is -0.666. The van der Waals surface area contributed by atoms with Gasteiger partial charge in [0.15, 0.2) is 9.84 Å². The number of halogens is 2. The van der Waals surface area contributed by atoms with Gasteiger partial charge in [0.05, 0.1) is 16.7 Å². The van der Waals surface area contributed by atoms with E-state index in [0.29, 0.717) is 28.5 Å². The van der Waals surface area contributed by atoms with Crippen LogP contribution in [-0.4, -0.2) is 46.4 Å². The van der Waals surface area contributed by atoms with Crippen molar-refractivity contribution in [1.82, 2.24) is 9.62 Å². The topological polar surface area (TPSA) is 101 Å². The van der Waals surface area contributed by atoms with Crippen LogP contribution in [-0.2, 0) is 30.4 Å². The maximum atomic E-state index is 12.8. The number of carbonyl (C=O) groups is 1. The Bertz CT molecular complexity index is 1220. The fraction of sp³-hybridized carbons (Fsp3) is 0.409. The molecule has 1 fully saturated rings. The quantitative estimate of drug-likeness (QED) is 0.584. The Morgan fingerprint density at radius 1 is 1.06 bits per heavy atom. The standard InChI is InChI=1S/C22H26Cl2N2O5S2/c1-15(16-4-7-20(8-5-16)32(2,28)29)25-22(27)17-9-11-26(12-10-17)33(30,31)14-18-3-6-19(23)13-21(18)24/h3-8,13,15,17H,9-12,14H2,1-2H3,(H,25,27)/t15-/m1/s1. The molecule has 180 valence electrons. The predicted molar refractivity (Wildman–Crippen MR) is 129 cm³/mol. The number of sulfone groups is 1. The number of hydrogen-bond acceptors (Lipinski definition) is 5. The summed E-state index contributed by atoms with van der Waals surface area (Å²) in [6, 6.07) is 10.8. The van der Waals surface area contributed by atoms with Crippen molar-refractivity contribution >= 4 is 49.0 Å². The Morgan fingerprint density at radius 3 is 2.21 bits per heavy atom. The van der Waals surface area contributed by atoms with Crippen LogP contribution in [0.15, 0.2) is 47.4 Å². The zero-order valence-corrected chi connectivity index (χ0v) is 21.4. The van der Waals surface area contributed by atoms with Gasteiger partial charge < -0.3 is 5.32 Å².